The van der Waals surface area contributed by atoms with Gasteiger partial charge in [0.15, 0.2) is 0 Å². The van der Waals surface area contributed by atoms with Gasteiger partial charge in [-0.2, -0.15) is 0 Å². The van der Waals surface area contributed by atoms with Crippen LogP contribution in [0.2, 0.25) is 0 Å². The van der Waals surface area contributed by atoms with Gasteiger partial charge in [0.25, 0.3) is 0 Å². The van der Waals surface area contributed by atoms with E-state index in [0.717, 1.165) is 29.0 Å². The van der Waals surface area contributed by atoms with Crippen molar-refractivity contribution in [1.29, 1.82) is 0 Å². The summed E-state index contributed by atoms with van der Waals surface area (Å²) in [5.74, 6) is 0.454. The molecule has 0 aliphatic rings. The Morgan fingerprint density at radius 3 is 2.58 bits per heavy atom. The molecule has 2 aromatic heterocycles. The fourth-order valence-electron chi connectivity index (χ4n) is 2.30. The van der Waals surface area contributed by atoms with Gasteiger partial charge >= 0.3 is 0 Å². The summed E-state index contributed by atoms with van der Waals surface area (Å²) in [6.07, 6.45) is 3.05. The topological polar surface area (TPSA) is 17.3 Å². The number of pyridine rings is 1. The number of rotatable bonds is 3. The number of aromatic nitrogens is 2. The highest BCUT2D eigenvalue weighted by molar-refractivity contribution is 6.17. The first-order chi connectivity index (χ1) is 9.33. The minimum absolute atomic E-state index is 0.454. The molecular weight excluding hydrogens is 256 g/mol. The summed E-state index contributed by atoms with van der Waals surface area (Å²) < 4.78 is 2.05. The third-order valence-electron chi connectivity index (χ3n) is 3.39. The number of fused-ring (bicyclic) bond motifs is 1. The van der Waals surface area contributed by atoms with Gasteiger partial charge in [0.1, 0.15) is 5.65 Å². The third kappa shape index (κ3) is 2.13. The van der Waals surface area contributed by atoms with Gasteiger partial charge in [-0.25, -0.2) is 4.98 Å². The van der Waals surface area contributed by atoms with Crippen LogP contribution in [0.15, 0.2) is 48.7 Å². The molecule has 3 rings (SSSR count). The fourth-order valence-corrected chi connectivity index (χ4v) is 2.56. The van der Waals surface area contributed by atoms with E-state index in [2.05, 4.69) is 40.6 Å². The minimum atomic E-state index is 0.454. The lowest BCUT2D eigenvalue weighted by Gasteiger charge is -2.02. The van der Waals surface area contributed by atoms with Crippen LogP contribution < -0.4 is 0 Å². The average Bonchev–Trinajstić information content (AvgIpc) is 2.85. The zero-order valence-electron chi connectivity index (χ0n) is 10.8. The van der Waals surface area contributed by atoms with Gasteiger partial charge in [0.05, 0.1) is 17.3 Å². The van der Waals surface area contributed by atoms with E-state index >= 15 is 0 Å². The predicted octanol–water partition coefficient (Wildman–Crippen LogP) is 4.30. The van der Waals surface area contributed by atoms with E-state index < -0.39 is 0 Å². The second-order valence-electron chi connectivity index (χ2n) is 4.52. The number of aryl methyl sites for hydroxylation is 1. The molecule has 0 bridgehead atoms. The van der Waals surface area contributed by atoms with Crippen molar-refractivity contribution in [2.24, 2.45) is 0 Å². The van der Waals surface area contributed by atoms with Crippen molar-refractivity contribution < 1.29 is 0 Å². The Balaban J connectivity index is 2.17. The monoisotopic (exact) mass is 270 g/mol. The maximum atomic E-state index is 6.10. The summed E-state index contributed by atoms with van der Waals surface area (Å²) in [7, 11) is 0. The van der Waals surface area contributed by atoms with E-state index in [4.69, 9.17) is 11.6 Å². The molecule has 0 saturated heterocycles. The molecule has 96 valence electrons. The number of benzene rings is 1. The zero-order chi connectivity index (χ0) is 13.2. The third-order valence-corrected chi connectivity index (χ3v) is 3.64. The number of hydrogen-bond acceptors (Lipinski definition) is 1. The molecule has 3 aromatic rings. The molecule has 2 nitrogen and oxygen atoms in total. The highest BCUT2D eigenvalue weighted by Crippen LogP contribution is 2.26. The van der Waals surface area contributed by atoms with Crippen molar-refractivity contribution in [3.8, 4) is 11.3 Å². The standard InChI is InChI=1S/C16H15ClN2/c1-2-12-6-8-13(9-7-12)16-14(11-17)19-10-4-3-5-15(19)18-16/h3-10H,2,11H2,1H3. The van der Waals surface area contributed by atoms with Crippen molar-refractivity contribution in [1.82, 2.24) is 9.38 Å². The molecule has 0 spiro atoms. The molecule has 0 fully saturated rings. The first-order valence-electron chi connectivity index (χ1n) is 6.44. The van der Waals surface area contributed by atoms with Crippen molar-refractivity contribution in [2.45, 2.75) is 19.2 Å². The Morgan fingerprint density at radius 1 is 1.11 bits per heavy atom. The van der Waals surface area contributed by atoms with Crippen LogP contribution in [0.4, 0.5) is 0 Å². The van der Waals surface area contributed by atoms with Crippen LogP contribution in [0.25, 0.3) is 16.9 Å². The molecule has 0 radical (unpaired) electrons. The van der Waals surface area contributed by atoms with Gasteiger partial charge in [-0.1, -0.05) is 37.3 Å². The molecule has 0 aliphatic carbocycles. The van der Waals surface area contributed by atoms with Gasteiger partial charge < -0.3 is 4.40 Å². The van der Waals surface area contributed by atoms with E-state index in [0.29, 0.717) is 5.88 Å². The van der Waals surface area contributed by atoms with E-state index in [-0.39, 0.29) is 0 Å². The van der Waals surface area contributed by atoms with E-state index in [1.807, 2.05) is 24.4 Å². The van der Waals surface area contributed by atoms with Crippen LogP contribution >= 0.6 is 11.6 Å². The van der Waals surface area contributed by atoms with Crippen molar-refractivity contribution in [3.05, 3.63) is 59.9 Å². The van der Waals surface area contributed by atoms with Crippen molar-refractivity contribution in [3.63, 3.8) is 0 Å². The maximum absolute atomic E-state index is 6.10. The molecule has 0 amide bonds. The number of imidazole rings is 1. The van der Waals surface area contributed by atoms with E-state index in [1.165, 1.54) is 5.56 Å². The average molecular weight is 271 g/mol. The molecule has 1 aromatic carbocycles. The van der Waals surface area contributed by atoms with Crippen LogP contribution in [-0.2, 0) is 12.3 Å². The summed E-state index contributed by atoms with van der Waals surface area (Å²) in [5.41, 5.74) is 5.41. The van der Waals surface area contributed by atoms with E-state index in [1.54, 1.807) is 0 Å². The molecule has 2 heterocycles. The van der Waals surface area contributed by atoms with Crippen molar-refractivity contribution in [2.75, 3.05) is 0 Å². The smallest absolute Gasteiger partial charge is 0.137 e. The molecule has 0 aliphatic heterocycles. The van der Waals surface area contributed by atoms with Crippen molar-refractivity contribution >= 4 is 17.2 Å². The Morgan fingerprint density at radius 2 is 1.89 bits per heavy atom. The SMILES string of the molecule is CCc1ccc(-c2nc3ccccn3c2CCl)cc1. The summed E-state index contributed by atoms with van der Waals surface area (Å²) in [5, 5.41) is 0. The Kier molecular flexibility index (Phi) is 3.26. The molecule has 0 unspecified atom stereocenters. The van der Waals surface area contributed by atoms with Gasteiger partial charge in [0, 0.05) is 11.8 Å². The Hall–Kier alpha value is -1.80. The summed E-state index contributed by atoms with van der Waals surface area (Å²) in [4.78, 5) is 4.69. The van der Waals surface area contributed by atoms with Gasteiger partial charge in [-0.3, -0.25) is 0 Å². The molecule has 0 N–H and O–H groups in total. The number of hydrogen-bond donors (Lipinski definition) is 0. The molecule has 0 atom stereocenters. The normalized spacial score (nSPS) is 11.1. The minimum Gasteiger partial charge on any atom is -0.302 e. The Bertz CT molecular complexity index is 698. The zero-order valence-corrected chi connectivity index (χ0v) is 11.6. The summed E-state index contributed by atoms with van der Waals surface area (Å²) in [6, 6.07) is 14.5. The first-order valence-corrected chi connectivity index (χ1v) is 6.98. The van der Waals surface area contributed by atoms with Crippen LogP contribution in [-0.4, -0.2) is 9.38 Å². The van der Waals surface area contributed by atoms with Crippen LogP contribution in [0, 0.1) is 0 Å². The largest absolute Gasteiger partial charge is 0.302 e. The second kappa shape index (κ2) is 5.06. The highest BCUT2D eigenvalue weighted by atomic mass is 35.5. The molecule has 19 heavy (non-hydrogen) atoms. The lowest BCUT2D eigenvalue weighted by molar-refractivity contribution is 1.09. The lowest BCUT2D eigenvalue weighted by atomic mass is 10.1. The predicted molar refractivity (Wildman–Crippen MR) is 79.6 cm³/mol. The quantitative estimate of drug-likeness (QED) is 0.649. The van der Waals surface area contributed by atoms with Gasteiger partial charge in [0.2, 0.25) is 0 Å². The van der Waals surface area contributed by atoms with Gasteiger partial charge in [-0.05, 0) is 24.1 Å². The summed E-state index contributed by atoms with van der Waals surface area (Å²) >= 11 is 6.10. The molecule has 3 heteroatoms. The fraction of sp³-hybridized carbons (Fsp3) is 0.188. The van der Waals surface area contributed by atoms with Gasteiger partial charge in [-0.15, -0.1) is 11.6 Å². The summed E-state index contributed by atoms with van der Waals surface area (Å²) in [6.45, 7) is 2.16. The van der Waals surface area contributed by atoms with Crippen LogP contribution in [0.1, 0.15) is 18.2 Å². The van der Waals surface area contributed by atoms with Crippen LogP contribution in [0.3, 0.4) is 0 Å². The van der Waals surface area contributed by atoms with E-state index in [9.17, 15) is 0 Å². The number of halogens is 1. The number of alkyl halides is 1. The van der Waals surface area contributed by atoms with Crippen LogP contribution in [0.5, 0.6) is 0 Å². The number of nitrogens with zero attached hydrogens (tertiary/aromatic N) is 2. The second-order valence-corrected chi connectivity index (χ2v) is 4.79. The Labute approximate surface area is 117 Å². The highest BCUT2D eigenvalue weighted by Gasteiger charge is 2.12. The molecular formula is C16H15ClN2. The first kappa shape index (κ1) is 12.2. The lowest BCUT2D eigenvalue weighted by Crippen LogP contribution is -1.90. The maximum Gasteiger partial charge on any atom is 0.137 e. The molecule has 0 saturated carbocycles.